The first kappa shape index (κ1) is 39.0. The van der Waals surface area contributed by atoms with Crippen molar-refractivity contribution in [2.75, 3.05) is 19.6 Å². The van der Waals surface area contributed by atoms with Crippen LogP contribution in [0, 0.1) is 213 Å². The molecule has 0 fully saturated rings. The van der Waals surface area contributed by atoms with Crippen molar-refractivity contribution in [1.29, 1.82) is 0 Å². The molecular formula is C44H19NO2. The second kappa shape index (κ2) is 32.5. The maximum Gasteiger partial charge on any atom is 0.128 e. The van der Waals surface area contributed by atoms with Gasteiger partial charge in [-0.15, -0.1) is 0 Å². The smallest absolute Gasteiger partial charge is 0.128 e. The predicted molar refractivity (Wildman–Crippen MR) is 185 cm³/mol. The summed E-state index contributed by atoms with van der Waals surface area (Å²) in [4.78, 5) is 1.79. The van der Waals surface area contributed by atoms with Crippen molar-refractivity contribution in [1.82, 2.24) is 4.90 Å². The number of likely N-dealkylation sites (N-methyl/N-ethyl adjacent to an activating group) is 1. The quantitative estimate of drug-likeness (QED) is 0.446. The minimum Gasteiger partial charge on any atom is -0.379 e. The van der Waals surface area contributed by atoms with E-state index in [9.17, 15) is 10.2 Å². The van der Waals surface area contributed by atoms with Crippen molar-refractivity contribution in [3.8, 4) is 213 Å². The molecule has 2 unspecified atom stereocenters. The molecule has 2 N–H and O–H groups in total. The highest BCUT2D eigenvalue weighted by Gasteiger charge is 2.11. The van der Waals surface area contributed by atoms with E-state index in [2.05, 4.69) is 213 Å². The first-order valence-corrected chi connectivity index (χ1v) is 13.1. The molecule has 47 heavy (non-hydrogen) atoms. The van der Waals surface area contributed by atoms with Gasteiger partial charge in [0.15, 0.2) is 0 Å². The van der Waals surface area contributed by atoms with Gasteiger partial charge >= 0.3 is 0 Å². The van der Waals surface area contributed by atoms with Crippen LogP contribution in [0.4, 0.5) is 0 Å². The molecule has 0 amide bonds. The summed E-state index contributed by atoms with van der Waals surface area (Å²) in [5.41, 5.74) is 0. The molecule has 0 aromatic carbocycles. The second-order valence-electron chi connectivity index (χ2n) is 7.17. The summed E-state index contributed by atoms with van der Waals surface area (Å²) in [6.07, 6.45) is -1.97. The van der Waals surface area contributed by atoms with Gasteiger partial charge in [-0.25, -0.2) is 0 Å². The molecule has 0 saturated heterocycles. The fourth-order valence-electron chi connectivity index (χ4n) is 2.15. The van der Waals surface area contributed by atoms with E-state index in [0.29, 0.717) is 6.54 Å². The summed E-state index contributed by atoms with van der Waals surface area (Å²) in [6.45, 7) is 6.19. The molecule has 2 atom stereocenters. The Bertz CT molecular complexity index is 2180. The normalized spacial score (nSPS) is 7.02. The summed E-state index contributed by atoms with van der Waals surface area (Å²) in [6, 6.07) is 0. The van der Waals surface area contributed by atoms with E-state index in [1.165, 1.54) is 0 Å². The van der Waals surface area contributed by atoms with E-state index in [1.54, 1.807) is 18.7 Å². The Morgan fingerprint density at radius 2 is 0.532 bits per heavy atom. The van der Waals surface area contributed by atoms with Gasteiger partial charge in [0.05, 0.1) is 0 Å². The minimum atomic E-state index is -0.984. The lowest BCUT2D eigenvalue weighted by Crippen LogP contribution is -2.37. The standard InChI is InChI=1S/C44H19NO2/c1-4-7-9-11-13-15-17-19-21-23-25-27-29-31-33-35-37-39-43(46)41-45(6-3)42-44(47)40-38-36-34-32-30-28-26-24-22-20-18-16-14-12-10-8-5-2/h43-44,46-47H,6,41-42H2,1-3H3. The number of aliphatic hydroxyl groups excluding tert-OH is 2. The summed E-state index contributed by atoms with van der Waals surface area (Å²) in [5, 5.41) is 20.3. The van der Waals surface area contributed by atoms with E-state index in [-0.39, 0.29) is 13.1 Å². The van der Waals surface area contributed by atoms with Crippen molar-refractivity contribution >= 4 is 0 Å². The molecule has 0 bridgehead atoms. The van der Waals surface area contributed by atoms with Gasteiger partial charge in [-0.05, 0) is 210 Å². The van der Waals surface area contributed by atoms with Crippen molar-refractivity contribution in [3.05, 3.63) is 0 Å². The molecule has 3 heteroatoms. The lowest BCUT2D eigenvalue weighted by molar-refractivity contribution is 0.115. The molecule has 0 spiro atoms. The third-order valence-electron chi connectivity index (χ3n) is 3.91. The zero-order valence-electron chi connectivity index (χ0n) is 25.6. The molecule has 0 radical (unpaired) electrons. The number of hydrogen-bond donors (Lipinski definition) is 2. The van der Waals surface area contributed by atoms with Crippen LogP contribution >= 0.6 is 0 Å². The number of hydrogen-bond acceptors (Lipinski definition) is 3. The SMILES string of the molecule is CC#CC#CC#CC#CC#CC#CC#CC#CC#CC(O)CN(CC)CC(O)C#CC#CC#CC#CC#CC#CC#CC#CC#CC. The van der Waals surface area contributed by atoms with Gasteiger partial charge in [0, 0.05) is 13.1 Å². The molecule has 0 aliphatic heterocycles. The molecule has 0 rings (SSSR count). The van der Waals surface area contributed by atoms with Crippen LogP contribution in [0.3, 0.4) is 0 Å². The van der Waals surface area contributed by atoms with Crippen LogP contribution in [0.25, 0.3) is 0 Å². The lowest BCUT2D eigenvalue weighted by atomic mass is 10.2. The lowest BCUT2D eigenvalue weighted by Gasteiger charge is -2.22. The van der Waals surface area contributed by atoms with Gasteiger partial charge in [-0.3, -0.25) is 4.90 Å². The van der Waals surface area contributed by atoms with Gasteiger partial charge in [0.25, 0.3) is 0 Å². The first-order valence-electron chi connectivity index (χ1n) is 13.1. The average Bonchev–Trinajstić information content (AvgIpc) is 3.07. The number of rotatable bonds is 5. The highest BCUT2D eigenvalue weighted by Crippen LogP contribution is 1.95. The van der Waals surface area contributed by atoms with Gasteiger partial charge in [-0.2, -0.15) is 0 Å². The van der Waals surface area contributed by atoms with Crippen LogP contribution in [0.2, 0.25) is 0 Å². The number of nitrogens with zero attached hydrogens (tertiary/aromatic N) is 1. The first-order chi connectivity index (χ1) is 23.1. The Morgan fingerprint density at radius 1 is 0.340 bits per heavy atom. The van der Waals surface area contributed by atoms with Crippen LogP contribution in [0.1, 0.15) is 20.8 Å². The van der Waals surface area contributed by atoms with Gasteiger partial charge in [0.1, 0.15) is 12.2 Å². The van der Waals surface area contributed by atoms with Gasteiger partial charge in [-0.1, -0.05) is 30.6 Å². The molecule has 0 saturated carbocycles. The fraction of sp³-hybridized carbons (Fsp3) is 0.182. The Hall–Kier alpha value is -8.04. The van der Waals surface area contributed by atoms with Gasteiger partial charge in [0.2, 0.25) is 0 Å². The molecule has 3 nitrogen and oxygen atoms in total. The highest BCUT2D eigenvalue weighted by molar-refractivity contribution is 5.48. The zero-order valence-corrected chi connectivity index (χ0v) is 25.6. The van der Waals surface area contributed by atoms with Crippen molar-refractivity contribution in [3.63, 3.8) is 0 Å². The number of aliphatic hydroxyl groups is 2. The van der Waals surface area contributed by atoms with E-state index < -0.39 is 12.2 Å². The van der Waals surface area contributed by atoms with Crippen molar-refractivity contribution < 1.29 is 10.2 Å². The van der Waals surface area contributed by atoms with E-state index >= 15 is 0 Å². The third-order valence-corrected chi connectivity index (χ3v) is 3.91. The third kappa shape index (κ3) is 30.7. The minimum absolute atomic E-state index is 0.191. The Kier molecular flexibility index (Phi) is 26.9. The molecule has 0 aliphatic rings. The second-order valence-corrected chi connectivity index (χ2v) is 7.17. The average molecular weight is 594 g/mol. The van der Waals surface area contributed by atoms with Crippen molar-refractivity contribution in [2.45, 2.75) is 33.0 Å². The molecule has 212 valence electrons. The molecule has 0 heterocycles. The topological polar surface area (TPSA) is 43.7 Å². The Balaban J connectivity index is 4.70. The largest absolute Gasteiger partial charge is 0.379 e. The van der Waals surface area contributed by atoms with Crippen molar-refractivity contribution in [2.24, 2.45) is 0 Å². The maximum absolute atomic E-state index is 10.1. The highest BCUT2D eigenvalue weighted by atomic mass is 16.3. The maximum atomic E-state index is 10.1. The summed E-state index contributed by atoms with van der Waals surface area (Å²) in [7, 11) is 0. The molecule has 0 aromatic heterocycles. The van der Waals surface area contributed by atoms with Crippen LogP contribution < -0.4 is 0 Å². The van der Waals surface area contributed by atoms with Crippen LogP contribution in [0.5, 0.6) is 0 Å². The summed E-state index contributed by atoms with van der Waals surface area (Å²) >= 11 is 0. The Morgan fingerprint density at radius 3 is 0.723 bits per heavy atom. The molecule has 0 aromatic rings. The van der Waals surface area contributed by atoms with E-state index in [4.69, 9.17) is 0 Å². The van der Waals surface area contributed by atoms with Gasteiger partial charge < -0.3 is 10.2 Å². The Labute approximate surface area is 280 Å². The fourth-order valence-corrected chi connectivity index (χ4v) is 2.15. The summed E-state index contributed by atoms with van der Waals surface area (Å²) < 4.78 is 0. The summed E-state index contributed by atoms with van der Waals surface area (Å²) in [5.74, 6) is 90.9. The van der Waals surface area contributed by atoms with E-state index in [0.717, 1.165) is 0 Å². The van der Waals surface area contributed by atoms with Crippen LogP contribution in [-0.4, -0.2) is 47.0 Å². The van der Waals surface area contributed by atoms with E-state index in [1.807, 2.05) is 6.92 Å². The molecule has 0 aliphatic carbocycles. The predicted octanol–water partition coefficient (Wildman–Crippen LogP) is 0.131. The molecular weight excluding hydrogens is 574 g/mol. The van der Waals surface area contributed by atoms with Crippen LogP contribution in [0.15, 0.2) is 0 Å². The zero-order chi connectivity index (χ0) is 34.3. The van der Waals surface area contributed by atoms with Crippen LogP contribution in [-0.2, 0) is 0 Å². The monoisotopic (exact) mass is 593 g/mol.